The van der Waals surface area contributed by atoms with Gasteiger partial charge in [0, 0.05) is 6.42 Å². The Labute approximate surface area is 111 Å². The van der Waals surface area contributed by atoms with Crippen molar-refractivity contribution >= 4 is 10.1 Å². The van der Waals surface area contributed by atoms with Crippen LogP contribution in [0.3, 0.4) is 0 Å². The summed E-state index contributed by atoms with van der Waals surface area (Å²) in [6.45, 7) is 5.45. The summed E-state index contributed by atoms with van der Waals surface area (Å²) in [5.41, 5.74) is 1.98. The third-order valence-electron chi connectivity index (χ3n) is 2.56. The Morgan fingerprint density at radius 2 is 2.16 bits per heavy atom. The molecule has 1 aromatic heterocycles. The van der Waals surface area contributed by atoms with E-state index in [0.717, 1.165) is 11.4 Å². The average molecular weight is 279 g/mol. The van der Waals surface area contributed by atoms with Crippen LogP contribution in [0.4, 0.5) is 0 Å². The molecule has 0 radical (unpaired) electrons. The molecule has 0 aliphatic rings. The molecule has 1 N–H and O–H groups in total. The maximum Gasteiger partial charge on any atom is 0.294 e. The first kappa shape index (κ1) is 13.4. The Morgan fingerprint density at radius 1 is 1.42 bits per heavy atom. The molecule has 0 bridgehead atoms. The van der Waals surface area contributed by atoms with Gasteiger partial charge in [0.25, 0.3) is 10.1 Å². The maximum absolute atomic E-state index is 11.1. The van der Waals surface area contributed by atoms with Crippen LogP contribution in [-0.2, 0) is 16.5 Å². The van der Waals surface area contributed by atoms with Gasteiger partial charge in [0.1, 0.15) is 0 Å². The van der Waals surface area contributed by atoms with Gasteiger partial charge in [-0.05, 0) is 25.1 Å². The molecule has 1 heterocycles. The van der Waals surface area contributed by atoms with Crippen LogP contribution >= 0.6 is 0 Å². The molecular formula is C12H13N3O3S. The van der Waals surface area contributed by atoms with Gasteiger partial charge in [-0.1, -0.05) is 12.1 Å². The lowest BCUT2D eigenvalue weighted by Gasteiger charge is -2.01. The fourth-order valence-electron chi connectivity index (χ4n) is 1.62. The van der Waals surface area contributed by atoms with Gasteiger partial charge < -0.3 is 0 Å². The van der Waals surface area contributed by atoms with E-state index in [9.17, 15) is 8.42 Å². The number of nitrogens with zero attached hydrogens (tertiary/aromatic N) is 3. The quantitative estimate of drug-likeness (QED) is 0.678. The zero-order chi connectivity index (χ0) is 14.0. The fraction of sp³-hybridized carbons (Fsp3) is 0.167. The Bertz CT molecular complexity index is 720. The van der Waals surface area contributed by atoms with Crippen molar-refractivity contribution in [2.45, 2.75) is 18.2 Å². The normalized spacial score (nSPS) is 11.5. The minimum Gasteiger partial charge on any atom is -0.282 e. The SMILES string of the molecule is C=CCc1nn(-c2cccc(S(=O)(=O)O)c2)nc1C. The molecule has 0 spiro atoms. The highest BCUT2D eigenvalue weighted by atomic mass is 32.2. The molecule has 19 heavy (non-hydrogen) atoms. The number of benzene rings is 1. The molecule has 1 aromatic carbocycles. The lowest BCUT2D eigenvalue weighted by molar-refractivity contribution is 0.483. The van der Waals surface area contributed by atoms with Crippen LogP contribution in [-0.4, -0.2) is 28.0 Å². The summed E-state index contributed by atoms with van der Waals surface area (Å²) < 4.78 is 31.2. The number of hydrogen-bond donors (Lipinski definition) is 1. The largest absolute Gasteiger partial charge is 0.294 e. The topological polar surface area (TPSA) is 85.1 Å². The molecule has 0 saturated heterocycles. The van der Waals surface area contributed by atoms with Gasteiger partial charge in [-0.2, -0.15) is 23.4 Å². The number of aromatic nitrogens is 3. The van der Waals surface area contributed by atoms with E-state index in [-0.39, 0.29) is 4.90 Å². The van der Waals surface area contributed by atoms with Crippen LogP contribution in [0, 0.1) is 6.92 Å². The first-order valence-electron chi connectivity index (χ1n) is 5.53. The summed E-state index contributed by atoms with van der Waals surface area (Å²) in [4.78, 5) is 1.15. The van der Waals surface area contributed by atoms with Crippen LogP contribution < -0.4 is 0 Å². The number of rotatable bonds is 4. The first-order valence-corrected chi connectivity index (χ1v) is 6.97. The minimum absolute atomic E-state index is 0.190. The minimum atomic E-state index is -4.23. The predicted molar refractivity (Wildman–Crippen MR) is 69.8 cm³/mol. The predicted octanol–water partition coefficient (Wildman–Crippen LogP) is 1.55. The summed E-state index contributed by atoms with van der Waals surface area (Å²) in [7, 11) is -4.23. The molecule has 0 atom stereocenters. The third kappa shape index (κ3) is 2.88. The van der Waals surface area contributed by atoms with E-state index in [4.69, 9.17) is 4.55 Å². The van der Waals surface area contributed by atoms with Crippen LogP contribution in [0.1, 0.15) is 11.4 Å². The van der Waals surface area contributed by atoms with Gasteiger partial charge in [-0.15, -0.1) is 6.58 Å². The van der Waals surface area contributed by atoms with E-state index < -0.39 is 10.1 Å². The molecule has 100 valence electrons. The summed E-state index contributed by atoms with van der Waals surface area (Å²) in [5.74, 6) is 0. The molecule has 2 rings (SSSR count). The van der Waals surface area contributed by atoms with Crippen molar-refractivity contribution in [3.8, 4) is 5.69 Å². The van der Waals surface area contributed by atoms with Crippen molar-refractivity contribution in [2.75, 3.05) is 0 Å². The summed E-state index contributed by atoms with van der Waals surface area (Å²) >= 11 is 0. The second kappa shape index (κ2) is 4.94. The monoisotopic (exact) mass is 279 g/mol. The van der Waals surface area contributed by atoms with E-state index in [1.54, 1.807) is 12.1 Å². The van der Waals surface area contributed by atoms with E-state index in [2.05, 4.69) is 16.8 Å². The second-order valence-electron chi connectivity index (χ2n) is 3.99. The van der Waals surface area contributed by atoms with Crippen LogP contribution in [0.25, 0.3) is 5.69 Å². The molecule has 0 amide bonds. The van der Waals surface area contributed by atoms with Crippen molar-refractivity contribution in [1.82, 2.24) is 15.0 Å². The number of aryl methyl sites for hydroxylation is 1. The maximum atomic E-state index is 11.1. The van der Waals surface area contributed by atoms with Crippen molar-refractivity contribution in [3.63, 3.8) is 0 Å². The second-order valence-corrected chi connectivity index (χ2v) is 5.41. The first-order chi connectivity index (χ1) is 8.91. The van der Waals surface area contributed by atoms with Gasteiger partial charge in [-0.25, -0.2) is 0 Å². The lowest BCUT2D eigenvalue weighted by Crippen LogP contribution is -2.03. The highest BCUT2D eigenvalue weighted by molar-refractivity contribution is 7.85. The van der Waals surface area contributed by atoms with Gasteiger partial charge in [0.15, 0.2) is 0 Å². The molecule has 0 aliphatic carbocycles. The fourth-order valence-corrected chi connectivity index (χ4v) is 2.14. The molecule has 2 aromatic rings. The Hall–Kier alpha value is -1.99. The van der Waals surface area contributed by atoms with E-state index >= 15 is 0 Å². The Balaban J connectivity index is 2.48. The lowest BCUT2D eigenvalue weighted by atomic mass is 10.3. The van der Waals surface area contributed by atoms with E-state index in [1.807, 2.05) is 6.92 Å². The Morgan fingerprint density at radius 3 is 2.79 bits per heavy atom. The number of allylic oxidation sites excluding steroid dienone is 1. The molecule has 0 unspecified atom stereocenters. The molecule has 6 nitrogen and oxygen atoms in total. The highest BCUT2D eigenvalue weighted by Gasteiger charge is 2.12. The van der Waals surface area contributed by atoms with Crippen molar-refractivity contribution < 1.29 is 13.0 Å². The molecule has 0 aliphatic heterocycles. The Kier molecular flexibility index (Phi) is 3.50. The molecule has 7 heteroatoms. The molecular weight excluding hydrogens is 266 g/mol. The van der Waals surface area contributed by atoms with Crippen LogP contribution in [0.2, 0.25) is 0 Å². The van der Waals surface area contributed by atoms with Gasteiger partial charge in [0.05, 0.1) is 22.0 Å². The van der Waals surface area contributed by atoms with Gasteiger partial charge >= 0.3 is 0 Å². The van der Waals surface area contributed by atoms with Gasteiger partial charge in [-0.3, -0.25) is 4.55 Å². The van der Waals surface area contributed by atoms with Gasteiger partial charge in [0.2, 0.25) is 0 Å². The third-order valence-corrected chi connectivity index (χ3v) is 3.41. The zero-order valence-corrected chi connectivity index (χ0v) is 11.1. The van der Waals surface area contributed by atoms with Crippen molar-refractivity contribution in [2.24, 2.45) is 0 Å². The zero-order valence-electron chi connectivity index (χ0n) is 10.3. The molecule has 0 fully saturated rings. The average Bonchev–Trinajstić information content (AvgIpc) is 2.71. The summed E-state index contributed by atoms with van der Waals surface area (Å²) in [6, 6.07) is 5.79. The van der Waals surface area contributed by atoms with E-state index in [1.165, 1.54) is 23.0 Å². The number of hydrogen-bond acceptors (Lipinski definition) is 4. The van der Waals surface area contributed by atoms with Crippen LogP contribution in [0.15, 0.2) is 41.8 Å². The standard InChI is InChI=1S/C12H13N3O3S/c1-3-5-12-9(2)13-15(14-12)10-6-4-7-11(8-10)19(16,17)18/h3-4,6-8H,1,5H2,2H3,(H,16,17,18). The summed E-state index contributed by atoms with van der Waals surface area (Å²) in [6.07, 6.45) is 2.31. The van der Waals surface area contributed by atoms with E-state index in [0.29, 0.717) is 12.1 Å². The van der Waals surface area contributed by atoms with Crippen LogP contribution in [0.5, 0.6) is 0 Å². The smallest absolute Gasteiger partial charge is 0.282 e. The van der Waals surface area contributed by atoms with Crippen molar-refractivity contribution in [3.05, 3.63) is 48.3 Å². The highest BCUT2D eigenvalue weighted by Crippen LogP contribution is 2.14. The molecule has 0 saturated carbocycles. The summed E-state index contributed by atoms with van der Waals surface area (Å²) in [5, 5.41) is 8.45. The van der Waals surface area contributed by atoms with Crippen molar-refractivity contribution in [1.29, 1.82) is 0 Å².